The number of aryl methyl sites for hydroxylation is 2. The van der Waals surface area contributed by atoms with Crippen molar-refractivity contribution in [3.05, 3.63) is 65.2 Å². The Labute approximate surface area is 189 Å². The van der Waals surface area contributed by atoms with Gasteiger partial charge in [0.05, 0.1) is 12.2 Å². The Kier molecular flexibility index (Phi) is 11.1. The first-order valence-electron chi connectivity index (χ1n) is 10.6. The van der Waals surface area contributed by atoms with E-state index in [9.17, 15) is 9.59 Å². The van der Waals surface area contributed by atoms with Crippen molar-refractivity contribution in [2.45, 2.75) is 32.1 Å². The molecule has 0 aromatic heterocycles. The smallest absolute Gasteiger partial charge is 0.247 e. The van der Waals surface area contributed by atoms with E-state index in [0.717, 1.165) is 49.2 Å². The number of rotatable bonds is 13. The zero-order valence-corrected chi connectivity index (χ0v) is 19.2. The Bertz CT molecular complexity index is 808. The van der Waals surface area contributed by atoms with Gasteiger partial charge in [-0.15, -0.1) is 0 Å². The second kappa shape index (κ2) is 13.9. The average Bonchev–Trinajstić information content (AvgIpc) is 2.76. The molecular weight excluding hydrogens is 410 g/mol. The van der Waals surface area contributed by atoms with Gasteiger partial charge in [-0.1, -0.05) is 36.4 Å². The van der Waals surface area contributed by atoms with E-state index in [1.54, 1.807) is 17.2 Å². The van der Waals surface area contributed by atoms with Crippen molar-refractivity contribution in [2.75, 3.05) is 37.5 Å². The molecule has 0 saturated heterocycles. The van der Waals surface area contributed by atoms with Crippen molar-refractivity contribution >= 4 is 29.3 Å². The first-order valence-corrected chi connectivity index (χ1v) is 11.7. The monoisotopic (exact) mass is 443 g/mol. The van der Waals surface area contributed by atoms with E-state index in [1.807, 2.05) is 50.5 Å². The molecule has 7 heteroatoms. The quantitative estimate of drug-likeness (QED) is 0.251. The second-order valence-corrected chi connectivity index (χ2v) is 8.94. The molecule has 0 heterocycles. The van der Waals surface area contributed by atoms with Crippen LogP contribution in [0, 0.1) is 0 Å². The van der Waals surface area contributed by atoms with Crippen LogP contribution in [0.15, 0.2) is 48.5 Å². The van der Waals surface area contributed by atoms with Crippen LogP contribution in [0.4, 0.5) is 5.69 Å². The van der Waals surface area contributed by atoms with Crippen LogP contribution in [-0.4, -0.2) is 54.1 Å². The maximum atomic E-state index is 12.0. The van der Waals surface area contributed by atoms with Gasteiger partial charge in [-0.3, -0.25) is 14.8 Å². The molecule has 0 fully saturated rings. The van der Waals surface area contributed by atoms with Crippen molar-refractivity contribution in [1.82, 2.24) is 10.4 Å². The minimum atomic E-state index is -0.405. The lowest BCUT2D eigenvalue weighted by molar-refractivity contribution is -0.128. The maximum absolute atomic E-state index is 12.0. The fourth-order valence-corrected chi connectivity index (χ4v) is 3.97. The van der Waals surface area contributed by atoms with Gasteiger partial charge >= 0.3 is 0 Å². The molecule has 0 aliphatic carbocycles. The molecule has 0 aliphatic rings. The Morgan fingerprint density at radius 3 is 1.97 bits per heavy atom. The predicted molar refractivity (Wildman–Crippen MR) is 128 cm³/mol. The topological polar surface area (TPSA) is 81.7 Å². The van der Waals surface area contributed by atoms with Crippen molar-refractivity contribution < 1.29 is 14.8 Å². The molecule has 168 valence electrons. The molecule has 0 bridgehead atoms. The number of amides is 2. The summed E-state index contributed by atoms with van der Waals surface area (Å²) in [5, 5.41) is 11.5. The molecule has 2 aromatic rings. The molecule has 0 atom stereocenters. The van der Waals surface area contributed by atoms with Gasteiger partial charge in [-0.2, -0.15) is 11.8 Å². The molecule has 2 rings (SSSR count). The number of thioether (sulfide) groups is 1. The van der Waals surface area contributed by atoms with Gasteiger partial charge in [-0.05, 0) is 68.6 Å². The Morgan fingerprint density at radius 2 is 1.42 bits per heavy atom. The molecule has 0 spiro atoms. The summed E-state index contributed by atoms with van der Waals surface area (Å²) in [7, 11) is 4.06. The summed E-state index contributed by atoms with van der Waals surface area (Å²) < 4.78 is 0. The third-order valence-electron chi connectivity index (χ3n) is 4.85. The third kappa shape index (κ3) is 10.5. The lowest BCUT2D eigenvalue weighted by Crippen LogP contribution is -2.20. The first kappa shape index (κ1) is 24.9. The van der Waals surface area contributed by atoms with Crippen LogP contribution in [0.25, 0.3) is 0 Å². The van der Waals surface area contributed by atoms with Crippen LogP contribution < -0.4 is 10.8 Å². The number of carbonyl (C=O) groups excluding carboxylic acids is 2. The summed E-state index contributed by atoms with van der Waals surface area (Å²) in [5.74, 6) is 1.06. The zero-order valence-electron chi connectivity index (χ0n) is 18.4. The van der Waals surface area contributed by atoms with Gasteiger partial charge in [-0.25, -0.2) is 5.48 Å². The normalized spacial score (nSPS) is 10.8. The highest BCUT2D eigenvalue weighted by molar-refractivity contribution is 7.99. The molecule has 3 N–H and O–H groups in total. The Hall–Kier alpha value is -2.35. The number of carbonyl (C=O) groups is 2. The molecule has 0 aliphatic heterocycles. The minimum absolute atomic E-state index is 0.0412. The highest BCUT2D eigenvalue weighted by Crippen LogP contribution is 2.14. The molecule has 31 heavy (non-hydrogen) atoms. The van der Waals surface area contributed by atoms with Gasteiger partial charge < -0.3 is 10.2 Å². The van der Waals surface area contributed by atoms with Crippen molar-refractivity contribution in [2.24, 2.45) is 0 Å². The molecule has 0 radical (unpaired) electrons. The summed E-state index contributed by atoms with van der Waals surface area (Å²) in [4.78, 5) is 25.3. The fraction of sp³-hybridized carbons (Fsp3) is 0.417. The van der Waals surface area contributed by atoms with E-state index in [-0.39, 0.29) is 12.3 Å². The van der Waals surface area contributed by atoms with Crippen molar-refractivity contribution in [1.29, 1.82) is 0 Å². The molecule has 2 amide bonds. The largest absolute Gasteiger partial charge is 0.325 e. The van der Waals surface area contributed by atoms with Crippen LogP contribution in [-0.2, 0) is 28.9 Å². The summed E-state index contributed by atoms with van der Waals surface area (Å²) in [6.45, 7) is 0.974. The van der Waals surface area contributed by atoms with Gasteiger partial charge in [0.15, 0.2) is 0 Å². The van der Waals surface area contributed by atoms with E-state index in [2.05, 4.69) is 22.3 Å². The Morgan fingerprint density at radius 1 is 0.871 bits per heavy atom. The molecular formula is C24H33N3O3S. The lowest BCUT2D eigenvalue weighted by Gasteiger charge is -2.09. The van der Waals surface area contributed by atoms with E-state index in [1.165, 1.54) is 11.1 Å². The highest BCUT2D eigenvalue weighted by Gasteiger charge is 2.04. The van der Waals surface area contributed by atoms with E-state index in [4.69, 9.17) is 5.21 Å². The van der Waals surface area contributed by atoms with Crippen LogP contribution in [0.5, 0.6) is 0 Å². The first-order chi connectivity index (χ1) is 15.0. The standard InChI is InChI=1S/C24H33N3O3S/c1-27(2)15-16-31-18-24(29)25-22-13-11-20(12-14-22)6-4-3-5-19-7-9-21(10-8-19)17-23(28)26-30/h7-14,30H,3-6,15-18H2,1-2H3,(H,25,29)(H,26,28). The van der Waals surface area contributed by atoms with E-state index in [0.29, 0.717) is 5.75 Å². The maximum Gasteiger partial charge on any atom is 0.247 e. The number of anilines is 1. The van der Waals surface area contributed by atoms with Crippen molar-refractivity contribution in [3.63, 3.8) is 0 Å². The highest BCUT2D eigenvalue weighted by atomic mass is 32.2. The number of nitrogens with one attached hydrogen (secondary N) is 2. The van der Waals surface area contributed by atoms with Crippen LogP contribution >= 0.6 is 11.8 Å². The molecule has 0 unspecified atom stereocenters. The number of benzene rings is 2. The molecule has 2 aromatic carbocycles. The number of hydrogen-bond acceptors (Lipinski definition) is 5. The van der Waals surface area contributed by atoms with Gasteiger partial charge in [0.25, 0.3) is 0 Å². The van der Waals surface area contributed by atoms with Crippen molar-refractivity contribution in [3.8, 4) is 0 Å². The summed E-state index contributed by atoms with van der Waals surface area (Å²) >= 11 is 1.65. The molecule has 0 saturated carbocycles. The van der Waals surface area contributed by atoms with E-state index < -0.39 is 5.91 Å². The van der Waals surface area contributed by atoms with Crippen LogP contribution in [0.1, 0.15) is 29.5 Å². The second-order valence-electron chi connectivity index (χ2n) is 7.84. The summed E-state index contributed by atoms with van der Waals surface area (Å²) in [6, 6.07) is 16.0. The van der Waals surface area contributed by atoms with E-state index >= 15 is 0 Å². The predicted octanol–water partition coefficient (Wildman–Crippen LogP) is 3.53. The number of unbranched alkanes of at least 4 members (excludes halogenated alkanes) is 1. The number of hydrogen-bond donors (Lipinski definition) is 3. The fourth-order valence-electron chi connectivity index (χ4n) is 3.07. The van der Waals surface area contributed by atoms with Crippen LogP contribution in [0.3, 0.4) is 0 Å². The average molecular weight is 444 g/mol. The zero-order chi connectivity index (χ0) is 22.5. The van der Waals surface area contributed by atoms with Gasteiger partial charge in [0, 0.05) is 18.0 Å². The van der Waals surface area contributed by atoms with Gasteiger partial charge in [0.1, 0.15) is 0 Å². The van der Waals surface area contributed by atoms with Gasteiger partial charge in [0.2, 0.25) is 11.8 Å². The third-order valence-corrected chi connectivity index (χ3v) is 5.78. The van der Waals surface area contributed by atoms with Crippen LogP contribution in [0.2, 0.25) is 0 Å². The lowest BCUT2D eigenvalue weighted by atomic mass is 10.0. The minimum Gasteiger partial charge on any atom is -0.325 e. The summed E-state index contributed by atoms with van der Waals surface area (Å²) in [6.07, 6.45) is 4.35. The Balaban J connectivity index is 1.64. The SMILES string of the molecule is CN(C)CCSCC(=O)Nc1ccc(CCCCc2ccc(CC(=O)NO)cc2)cc1. The number of nitrogens with zero attached hydrogens (tertiary/aromatic N) is 1. The molecule has 6 nitrogen and oxygen atoms in total. The summed E-state index contributed by atoms with van der Waals surface area (Å²) in [5.41, 5.74) is 5.89. The number of hydroxylamine groups is 1.